The van der Waals surface area contributed by atoms with Crippen molar-refractivity contribution in [1.29, 1.82) is 0 Å². The highest BCUT2D eigenvalue weighted by molar-refractivity contribution is 5.89. The van der Waals surface area contributed by atoms with Gasteiger partial charge in [0, 0.05) is 13.6 Å². The Bertz CT molecular complexity index is 548. The summed E-state index contributed by atoms with van der Waals surface area (Å²) in [4.78, 5) is 15.4. The molecule has 0 atom stereocenters. The maximum atomic E-state index is 11.3. The summed E-state index contributed by atoms with van der Waals surface area (Å²) in [6, 6.07) is 7.29. The molecule has 19 heavy (non-hydrogen) atoms. The summed E-state index contributed by atoms with van der Waals surface area (Å²) in [7, 11) is 3.21. The minimum Gasteiger partial charge on any atom is -0.465 e. The van der Waals surface area contributed by atoms with Gasteiger partial charge in [0.2, 0.25) is 0 Å². The van der Waals surface area contributed by atoms with Gasteiger partial charge >= 0.3 is 5.97 Å². The third-order valence-corrected chi connectivity index (χ3v) is 2.63. The molecule has 0 aliphatic rings. The average Bonchev–Trinajstić information content (AvgIpc) is 2.84. The lowest BCUT2D eigenvalue weighted by Gasteiger charge is -2.04. The Morgan fingerprint density at radius 1 is 1.32 bits per heavy atom. The van der Waals surface area contributed by atoms with Crippen molar-refractivity contribution in [2.75, 3.05) is 7.11 Å². The first-order chi connectivity index (χ1) is 9.19. The second kappa shape index (κ2) is 6.10. The maximum absolute atomic E-state index is 11.3. The van der Waals surface area contributed by atoms with Crippen molar-refractivity contribution in [2.24, 2.45) is 7.05 Å². The standard InChI is InChI=1S/C13H16N4O2/c1-17-9-15-12(16-17)8-14-7-10-3-5-11(6-4-10)13(18)19-2/h3-6,9,14H,7-8H2,1-2H3. The molecular weight excluding hydrogens is 244 g/mol. The number of aromatic nitrogens is 3. The van der Waals surface area contributed by atoms with Crippen LogP contribution in [0.15, 0.2) is 30.6 Å². The number of ether oxygens (including phenoxy) is 1. The predicted molar refractivity (Wildman–Crippen MR) is 69.3 cm³/mol. The summed E-state index contributed by atoms with van der Waals surface area (Å²) >= 11 is 0. The molecule has 1 aromatic carbocycles. The number of methoxy groups -OCH3 is 1. The van der Waals surface area contributed by atoms with Crippen LogP contribution in [0.25, 0.3) is 0 Å². The molecule has 0 unspecified atom stereocenters. The zero-order valence-corrected chi connectivity index (χ0v) is 11.0. The fourth-order valence-electron chi connectivity index (χ4n) is 1.66. The number of nitrogens with one attached hydrogen (secondary N) is 1. The Kier molecular flexibility index (Phi) is 4.25. The number of benzene rings is 1. The molecule has 6 heteroatoms. The average molecular weight is 260 g/mol. The first kappa shape index (κ1) is 13.2. The van der Waals surface area contributed by atoms with E-state index in [9.17, 15) is 4.79 Å². The minimum absolute atomic E-state index is 0.322. The van der Waals surface area contributed by atoms with Crippen LogP contribution in [-0.4, -0.2) is 27.8 Å². The number of hydrogen-bond acceptors (Lipinski definition) is 5. The Morgan fingerprint density at radius 2 is 2.05 bits per heavy atom. The summed E-state index contributed by atoms with van der Waals surface area (Å²) < 4.78 is 6.31. The van der Waals surface area contributed by atoms with E-state index in [-0.39, 0.29) is 5.97 Å². The maximum Gasteiger partial charge on any atom is 0.337 e. The molecule has 0 aliphatic carbocycles. The van der Waals surface area contributed by atoms with E-state index in [4.69, 9.17) is 0 Å². The summed E-state index contributed by atoms with van der Waals surface area (Å²) in [6.45, 7) is 1.30. The SMILES string of the molecule is COC(=O)c1ccc(CNCc2ncn(C)n2)cc1. The van der Waals surface area contributed by atoms with Crippen molar-refractivity contribution in [3.8, 4) is 0 Å². The van der Waals surface area contributed by atoms with Crippen LogP contribution in [0.4, 0.5) is 0 Å². The van der Waals surface area contributed by atoms with E-state index >= 15 is 0 Å². The van der Waals surface area contributed by atoms with E-state index in [2.05, 4.69) is 20.1 Å². The first-order valence-electron chi connectivity index (χ1n) is 5.91. The Hall–Kier alpha value is -2.21. The van der Waals surface area contributed by atoms with Crippen molar-refractivity contribution in [3.05, 3.63) is 47.5 Å². The Labute approximate surface area is 111 Å². The molecule has 0 fully saturated rings. The molecule has 0 amide bonds. The molecule has 6 nitrogen and oxygen atoms in total. The van der Waals surface area contributed by atoms with Crippen molar-refractivity contribution < 1.29 is 9.53 Å². The van der Waals surface area contributed by atoms with Crippen molar-refractivity contribution >= 4 is 5.97 Å². The van der Waals surface area contributed by atoms with Gasteiger partial charge in [-0.3, -0.25) is 4.68 Å². The van der Waals surface area contributed by atoms with E-state index in [1.54, 1.807) is 23.1 Å². The number of rotatable bonds is 5. The van der Waals surface area contributed by atoms with Crippen molar-refractivity contribution in [2.45, 2.75) is 13.1 Å². The fraction of sp³-hybridized carbons (Fsp3) is 0.308. The van der Waals surface area contributed by atoms with Crippen LogP contribution in [0.3, 0.4) is 0 Å². The van der Waals surface area contributed by atoms with Gasteiger partial charge in [0.05, 0.1) is 19.2 Å². The van der Waals surface area contributed by atoms with Gasteiger partial charge in [-0.15, -0.1) is 0 Å². The lowest BCUT2D eigenvalue weighted by molar-refractivity contribution is 0.0600. The van der Waals surface area contributed by atoms with Gasteiger partial charge in [0.1, 0.15) is 6.33 Å². The predicted octanol–water partition coefficient (Wildman–Crippen LogP) is 0.891. The number of esters is 1. The van der Waals surface area contributed by atoms with Crippen LogP contribution in [-0.2, 0) is 24.9 Å². The molecule has 1 heterocycles. The van der Waals surface area contributed by atoms with E-state index in [0.717, 1.165) is 11.4 Å². The quantitative estimate of drug-likeness (QED) is 0.809. The normalized spacial score (nSPS) is 10.4. The first-order valence-corrected chi connectivity index (χ1v) is 5.91. The second-order valence-electron chi connectivity index (χ2n) is 4.13. The molecule has 0 saturated carbocycles. The molecule has 0 radical (unpaired) electrons. The molecule has 1 N–H and O–H groups in total. The fourth-order valence-corrected chi connectivity index (χ4v) is 1.66. The summed E-state index contributed by atoms with van der Waals surface area (Å²) in [5, 5.41) is 7.41. The number of aryl methyl sites for hydroxylation is 1. The molecule has 0 aliphatic heterocycles. The van der Waals surface area contributed by atoms with Crippen molar-refractivity contribution in [1.82, 2.24) is 20.1 Å². The number of carbonyl (C=O) groups excluding carboxylic acids is 1. The van der Waals surface area contributed by atoms with Gasteiger partial charge in [-0.05, 0) is 17.7 Å². The third-order valence-electron chi connectivity index (χ3n) is 2.63. The van der Waals surface area contributed by atoms with Crippen molar-refractivity contribution in [3.63, 3.8) is 0 Å². The van der Waals surface area contributed by atoms with Gasteiger partial charge < -0.3 is 10.1 Å². The highest BCUT2D eigenvalue weighted by Crippen LogP contribution is 2.05. The minimum atomic E-state index is -0.322. The van der Waals surface area contributed by atoms with E-state index in [0.29, 0.717) is 18.7 Å². The van der Waals surface area contributed by atoms with Gasteiger partial charge in [-0.1, -0.05) is 12.1 Å². The number of hydrogen-bond donors (Lipinski definition) is 1. The van der Waals surface area contributed by atoms with Crippen LogP contribution < -0.4 is 5.32 Å². The van der Waals surface area contributed by atoms with Crippen LogP contribution in [0.5, 0.6) is 0 Å². The van der Waals surface area contributed by atoms with Gasteiger partial charge in [0.15, 0.2) is 5.82 Å². The Morgan fingerprint density at radius 3 is 2.63 bits per heavy atom. The lowest BCUT2D eigenvalue weighted by atomic mass is 10.1. The zero-order chi connectivity index (χ0) is 13.7. The van der Waals surface area contributed by atoms with E-state index in [1.807, 2.05) is 19.2 Å². The highest BCUT2D eigenvalue weighted by Gasteiger charge is 2.04. The monoisotopic (exact) mass is 260 g/mol. The summed E-state index contributed by atoms with van der Waals surface area (Å²) in [5.41, 5.74) is 1.64. The Balaban J connectivity index is 1.84. The van der Waals surface area contributed by atoms with Crippen LogP contribution >= 0.6 is 0 Å². The van der Waals surface area contributed by atoms with Gasteiger partial charge in [-0.2, -0.15) is 5.10 Å². The molecule has 2 aromatic rings. The van der Waals surface area contributed by atoms with Gasteiger partial charge in [0.25, 0.3) is 0 Å². The molecule has 0 bridgehead atoms. The van der Waals surface area contributed by atoms with Gasteiger partial charge in [-0.25, -0.2) is 9.78 Å². The smallest absolute Gasteiger partial charge is 0.337 e. The van der Waals surface area contributed by atoms with Crippen LogP contribution in [0.1, 0.15) is 21.7 Å². The lowest BCUT2D eigenvalue weighted by Crippen LogP contribution is -2.14. The third kappa shape index (κ3) is 3.62. The largest absolute Gasteiger partial charge is 0.465 e. The molecule has 100 valence electrons. The highest BCUT2D eigenvalue weighted by atomic mass is 16.5. The van der Waals surface area contributed by atoms with Crippen LogP contribution in [0, 0.1) is 0 Å². The topological polar surface area (TPSA) is 69.0 Å². The molecular formula is C13H16N4O2. The summed E-state index contributed by atoms with van der Waals surface area (Å²) in [5.74, 6) is 0.436. The molecule has 2 rings (SSSR count). The molecule has 0 spiro atoms. The molecule has 0 saturated heterocycles. The van der Waals surface area contributed by atoms with E-state index in [1.165, 1.54) is 7.11 Å². The molecule has 1 aromatic heterocycles. The summed E-state index contributed by atoms with van der Waals surface area (Å²) in [6.07, 6.45) is 1.67. The number of nitrogens with zero attached hydrogens (tertiary/aromatic N) is 3. The second-order valence-corrected chi connectivity index (χ2v) is 4.13. The zero-order valence-electron chi connectivity index (χ0n) is 11.0. The number of carbonyl (C=O) groups is 1. The van der Waals surface area contributed by atoms with Crippen LogP contribution in [0.2, 0.25) is 0 Å². The van der Waals surface area contributed by atoms with E-state index < -0.39 is 0 Å².